The predicted molar refractivity (Wildman–Crippen MR) is 57.4 cm³/mol. The first kappa shape index (κ1) is 10.5. The van der Waals surface area contributed by atoms with Crippen LogP contribution in [0.15, 0.2) is 24.3 Å². The van der Waals surface area contributed by atoms with Crippen molar-refractivity contribution in [2.24, 2.45) is 0 Å². The van der Waals surface area contributed by atoms with Crippen molar-refractivity contribution in [1.82, 2.24) is 0 Å². The maximum atomic E-state index is 10.1. The Morgan fingerprint density at radius 1 is 1.43 bits per heavy atom. The van der Waals surface area contributed by atoms with E-state index in [1.54, 1.807) is 7.11 Å². The molecule has 0 aliphatic heterocycles. The van der Waals surface area contributed by atoms with Gasteiger partial charge in [0.1, 0.15) is 12.0 Å². The Morgan fingerprint density at radius 2 is 2.21 bits per heavy atom. The van der Waals surface area contributed by atoms with Gasteiger partial charge in [-0.2, -0.15) is 0 Å². The van der Waals surface area contributed by atoms with Gasteiger partial charge in [-0.25, -0.2) is 0 Å². The second-order valence-corrected chi connectivity index (χ2v) is 3.05. The molecule has 14 heavy (non-hydrogen) atoms. The number of rotatable bonds is 4. The van der Waals surface area contributed by atoms with E-state index in [-0.39, 0.29) is 0 Å². The molecule has 1 rings (SSSR count). The highest BCUT2D eigenvalue weighted by atomic mass is 16.5. The van der Waals surface area contributed by atoms with Gasteiger partial charge in [0.05, 0.1) is 7.11 Å². The van der Waals surface area contributed by atoms with Crippen LogP contribution < -0.4 is 4.74 Å². The van der Waals surface area contributed by atoms with Gasteiger partial charge in [-0.05, 0) is 18.6 Å². The second-order valence-electron chi connectivity index (χ2n) is 3.05. The van der Waals surface area contributed by atoms with Crippen LogP contribution in [0.2, 0.25) is 0 Å². The molecular weight excluding hydrogens is 176 g/mol. The molecule has 0 radical (unpaired) electrons. The van der Waals surface area contributed by atoms with Crippen LogP contribution in [-0.4, -0.2) is 13.4 Å². The van der Waals surface area contributed by atoms with E-state index in [1.807, 2.05) is 37.3 Å². The topological polar surface area (TPSA) is 26.3 Å². The van der Waals surface area contributed by atoms with Gasteiger partial charge in [0, 0.05) is 12.0 Å². The van der Waals surface area contributed by atoms with Crippen molar-refractivity contribution in [3.63, 3.8) is 0 Å². The van der Waals surface area contributed by atoms with Crippen molar-refractivity contribution >= 4 is 12.4 Å². The van der Waals surface area contributed by atoms with Crippen LogP contribution in [0.3, 0.4) is 0 Å². The van der Waals surface area contributed by atoms with Gasteiger partial charge in [0.25, 0.3) is 0 Å². The summed E-state index contributed by atoms with van der Waals surface area (Å²) in [7, 11) is 1.64. The average Bonchev–Trinajstić information content (AvgIpc) is 2.20. The summed E-state index contributed by atoms with van der Waals surface area (Å²) in [6.45, 7) is 2.02. The van der Waals surface area contributed by atoms with Crippen molar-refractivity contribution in [2.45, 2.75) is 13.3 Å². The Morgan fingerprint density at radius 3 is 2.86 bits per heavy atom. The number of aldehydes is 1. The molecule has 0 spiro atoms. The zero-order valence-electron chi connectivity index (χ0n) is 8.49. The fourth-order valence-corrected chi connectivity index (χ4v) is 1.21. The van der Waals surface area contributed by atoms with Crippen LogP contribution in [0.1, 0.15) is 17.5 Å². The van der Waals surface area contributed by atoms with Gasteiger partial charge in [0.2, 0.25) is 0 Å². The third kappa shape index (κ3) is 2.73. The summed E-state index contributed by atoms with van der Waals surface area (Å²) in [6, 6.07) is 5.97. The summed E-state index contributed by atoms with van der Waals surface area (Å²) in [5.41, 5.74) is 2.16. The summed E-state index contributed by atoms with van der Waals surface area (Å²) in [5.74, 6) is 0.840. The van der Waals surface area contributed by atoms with E-state index in [9.17, 15) is 4.79 Å². The minimum atomic E-state index is 0.441. The van der Waals surface area contributed by atoms with Crippen LogP contribution in [0.25, 0.3) is 6.08 Å². The number of hydrogen-bond donors (Lipinski definition) is 0. The highest BCUT2D eigenvalue weighted by Gasteiger charge is 1.98. The molecule has 0 N–H and O–H groups in total. The summed E-state index contributed by atoms with van der Waals surface area (Å²) >= 11 is 0. The molecule has 0 aliphatic rings. The standard InChI is InChI=1S/C12H14O2/c1-10-6-7-11(5-3-4-8-13)12(9-10)14-2/h3,5-9H,4H2,1-2H3. The lowest BCUT2D eigenvalue weighted by Crippen LogP contribution is -1.87. The molecule has 2 heteroatoms. The van der Waals surface area contributed by atoms with Crippen LogP contribution in [0, 0.1) is 6.92 Å². The number of ether oxygens (including phenoxy) is 1. The maximum absolute atomic E-state index is 10.1. The van der Waals surface area contributed by atoms with Gasteiger partial charge >= 0.3 is 0 Å². The van der Waals surface area contributed by atoms with Crippen molar-refractivity contribution in [2.75, 3.05) is 7.11 Å². The quantitative estimate of drug-likeness (QED) is 0.682. The molecule has 0 heterocycles. The molecule has 0 amide bonds. The number of carbonyl (C=O) groups is 1. The van der Waals surface area contributed by atoms with E-state index < -0.39 is 0 Å². The molecule has 0 saturated heterocycles. The largest absolute Gasteiger partial charge is 0.496 e. The molecule has 0 aromatic heterocycles. The van der Waals surface area contributed by atoms with Crippen molar-refractivity contribution < 1.29 is 9.53 Å². The zero-order valence-corrected chi connectivity index (χ0v) is 8.49. The molecule has 0 aliphatic carbocycles. The first-order valence-corrected chi connectivity index (χ1v) is 4.52. The highest BCUT2D eigenvalue weighted by Crippen LogP contribution is 2.21. The van der Waals surface area contributed by atoms with E-state index in [1.165, 1.54) is 0 Å². The third-order valence-electron chi connectivity index (χ3n) is 1.92. The Balaban J connectivity index is 2.90. The van der Waals surface area contributed by atoms with E-state index >= 15 is 0 Å². The van der Waals surface area contributed by atoms with E-state index in [2.05, 4.69) is 0 Å². The van der Waals surface area contributed by atoms with Gasteiger partial charge in [-0.1, -0.05) is 24.3 Å². The molecule has 1 aromatic carbocycles. The van der Waals surface area contributed by atoms with Crippen LogP contribution in [-0.2, 0) is 4.79 Å². The molecular formula is C12H14O2. The monoisotopic (exact) mass is 190 g/mol. The first-order valence-electron chi connectivity index (χ1n) is 4.52. The number of methoxy groups -OCH3 is 1. The van der Waals surface area contributed by atoms with E-state index in [4.69, 9.17) is 4.74 Å². The SMILES string of the molecule is COc1cc(C)ccc1C=CCC=O. The number of allylic oxidation sites excluding steroid dienone is 1. The Labute approximate surface area is 84.2 Å². The molecule has 1 aromatic rings. The fraction of sp³-hybridized carbons (Fsp3) is 0.250. The summed E-state index contributed by atoms with van der Waals surface area (Å²) in [6.07, 6.45) is 5.03. The lowest BCUT2D eigenvalue weighted by molar-refractivity contribution is -0.107. The number of benzene rings is 1. The van der Waals surface area contributed by atoms with Gasteiger partial charge in [-0.3, -0.25) is 0 Å². The van der Waals surface area contributed by atoms with Crippen molar-refractivity contribution in [3.05, 3.63) is 35.4 Å². The van der Waals surface area contributed by atoms with Gasteiger partial charge < -0.3 is 9.53 Å². The van der Waals surface area contributed by atoms with E-state index in [0.29, 0.717) is 6.42 Å². The molecule has 0 fully saturated rings. The molecule has 74 valence electrons. The van der Waals surface area contributed by atoms with E-state index in [0.717, 1.165) is 23.2 Å². The molecule has 2 nitrogen and oxygen atoms in total. The summed E-state index contributed by atoms with van der Waals surface area (Å²) in [5, 5.41) is 0. The lowest BCUT2D eigenvalue weighted by Gasteiger charge is -2.05. The Hall–Kier alpha value is -1.57. The maximum Gasteiger partial charge on any atom is 0.126 e. The minimum absolute atomic E-state index is 0.441. The number of aryl methyl sites for hydroxylation is 1. The third-order valence-corrected chi connectivity index (χ3v) is 1.92. The molecule has 0 atom stereocenters. The normalized spacial score (nSPS) is 10.4. The lowest BCUT2D eigenvalue weighted by atomic mass is 10.1. The van der Waals surface area contributed by atoms with Crippen LogP contribution in [0.4, 0.5) is 0 Å². The number of hydrogen-bond acceptors (Lipinski definition) is 2. The zero-order chi connectivity index (χ0) is 10.4. The Kier molecular flexibility index (Phi) is 3.92. The summed E-state index contributed by atoms with van der Waals surface area (Å²) in [4.78, 5) is 10.1. The molecule has 0 saturated carbocycles. The molecule has 0 unspecified atom stereocenters. The second kappa shape index (κ2) is 5.22. The van der Waals surface area contributed by atoms with Gasteiger partial charge in [-0.15, -0.1) is 0 Å². The number of carbonyl (C=O) groups excluding carboxylic acids is 1. The van der Waals surface area contributed by atoms with Crippen LogP contribution >= 0.6 is 0 Å². The van der Waals surface area contributed by atoms with Crippen molar-refractivity contribution in [3.8, 4) is 5.75 Å². The van der Waals surface area contributed by atoms with Crippen molar-refractivity contribution in [1.29, 1.82) is 0 Å². The van der Waals surface area contributed by atoms with Crippen LogP contribution in [0.5, 0.6) is 5.75 Å². The first-order chi connectivity index (χ1) is 6.77. The summed E-state index contributed by atoms with van der Waals surface area (Å²) < 4.78 is 5.22. The fourth-order valence-electron chi connectivity index (χ4n) is 1.21. The molecule has 0 bridgehead atoms. The highest BCUT2D eigenvalue weighted by molar-refractivity contribution is 5.62. The Bertz CT molecular complexity index is 340. The smallest absolute Gasteiger partial charge is 0.126 e. The average molecular weight is 190 g/mol. The van der Waals surface area contributed by atoms with Gasteiger partial charge in [0.15, 0.2) is 0 Å². The predicted octanol–water partition coefficient (Wildman–Crippen LogP) is 2.61. The minimum Gasteiger partial charge on any atom is -0.496 e.